The highest BCUT2D eigenvalue weighted by molar-refractivity contribution is 5.92. The number of benzene rings is 2. The Kier molecular flexibility index (Phi) is 8.83. The summed E-state index contributed by atoms with van der Waals surface area (Å²) in [5.74, 6) is -1.01. The average Bonchev–Trinajstić information content (AvgIpc) is 3.34. The number of methoxy groups -OCH3 is 1. The molecule has 3 heterocycles. The van der Waals surface area contributed by atoms with Gasteiger partial charge in [0.05, 0.1) is 13.2 Å². The van der Waals surface area contributed by atoms with Crippen molar-refractivity contribution in [3.63, 3.8) is 0 Å². The Hall–Kier alpha value is -3.39. The molecule has 4 bridgehead atoms. The van der Waals surface area contributed by atoms with Crippen LogP contribution in [0.1, 0.15) is 71.4 Å². The molecule has 0 unspecified atom stereocenters. The summed E-state index contributed by atoms with van der Waals surface area (Å²) in [5.41, 5.74) is 8.46. The van der Waals surface area contributed by atoms with E-state index in [1.54, 1.807) is 7.11 Å². The van der Waals surface area contributed by atoms with Crippen LogP contribution < -0.4 is 11.1 Å². The van der Waals surface area contributed by atoms with Crippen LogP contribution in [0, 0.1) is 10.8 Å². The van der Waals surface area contributed by atoms with E-state index in [4.69, 9.17) is 15.2 Å². The fourth-order valence-corrected chi connectivity index (χ4v) is 6.03. The number of nitrogens with zero attached hydrogens (tertiary/aromatic N) is 1. The zero-order valence-electron chi connectivity index (χ0n) is 25.3. The van der Waals surface area contributed by atoms with E-state index in [1.807, 2.05) is 32.9 Å². The summed E-state index contributed by atoms with van der Waals surface area (Å²) in [7, 11) is 1.59. The maximum absolute atomic E-state index is 14.1. The van der Waals surface area contributed by atoms with Gasteiger partial charge in [-0.2, -0.15) is 0 Å². The number of carbonyl (C=O) groups excluding carboxylic acids is 3. The fraction of sp³-hybridized carbons (Fsp3) is 0.545. The first-order valence-corrected chi connectivity index (χ1v) is 14.5. The number of ether oxygens (including phenoxy) is 2. The standard InChI is InChI=1S/C33H45N3O5/c1-31(2,3)27-29(38)36-20-33(40-6,19-26(36)28(34)37)24-16-14-23(15-17-24)25-13-8-7-11-22(25)12-9-10-18-32(4,5)21-41-30(39)35-27/h7-8,11,13-17,26-27H,9-10,12,18-21H2,1-6H3,(H2,34,37)(H,35,39)/t26-,27+,33-/m0/s1. The van der Waals surface area contributed by atoms with Gasteiger partial charge in [-0.05, 0) is 52.3 Å². The second-order valence-corrected chi connectivity index (χ2v) is 13.4. The molecule has 3 atom stereocenters. The van der Waals surface area contributed by atoms with Crippen LogP contribution in [-0.2, 0) is 31.1 Å². The van der Waals surface area contributed by atoms with Gasteiger partial charge in [0, 0.05) is 13.5 Å². The summed E-state index contributed by atoms with van der Waals surface area (Å²) in [6.07, 6.45) is 3.42. The van der Waals surface area contributed by atoms with Crippen molar-refractivity contribution in [1.82, 2.24) is 10.2 Å². The van der Waals surface area contributed by atoms with E-state index in [1.165, 1.54) is 16.0 Å². The van der Waals surface area contributed by atoms with Crippen molar-refractivity contribution >= 4 is 17.9 Å². The lowest BCUT2D eigenvalue weighted by molar-refractivity contribution is -0.141. The van der Waals surface area contributed by atoms with Crippen molar-refractivity contribution < 1.29 is 23.9 Å². The van der Waals surface area contributed by atoms with Crippen molar-refractivity contribution in [2.75, 3.05) is 20.3 Å². The molecule has 0 aromatic heterocycles. The third kappa shape index (κ3) is 6.75. The minimum absolute atomic E-state index is 0.127. The van der Waals surface area contributed by atoms with Crippen LogP contribution in [0.4, 0.5) is 4.79 Å². The van der Waals surface area contributed by atoms with Crippen LogP contribution in [0.2, 0.25) is 0 Å². The van der Waals surface area contributed by atoms with Crippen molar-refractivity contribution in [2.45, 2.75) is 84.4 Å². The number of primary amides is 1. The Morgan fingerprint density at radius 1 is 1.07 bits per heavy atom. The van der Waals surface area contributed by atoms with Crippen molar-refractivity contribution in [2.24, 2.45) is 16.6 Å². The van der Waals surface area contributed by atoms with E-state index >= 15 is 0 Å². The van der Waals surface area contributed by atoms with Gasteiger partial charge in [-0.25, -0.2) is 4.79 Å². The highest BCUT2D eigenvalue weighted by Crippen LogP contribution is 2.41. The van der Waals surface area contributed by atoms with Gasteiger partial charge in [-0.15, -0.1) is 0 Å². The van der Waals surface area contributed by atoms with Crippen LogP contribution in [0.5, 0.6) is 0 Å². The molecule has 1 saturated heterocycles. The summed E-state index contributed by atoms with van der Waals surface area (Å²) in [6, 6.07) is 14.8. The smallest absolute Gasteiger partial charge is 0.407 e. The van der Waals surface area contributed by atoms with Gasteiger partial charge in [-0.1, -0.05) is 89.6 Å². The lowest BCUT2D eigenvalue weighted by Crippen LogP contribution is -2.57. The summed E-state index contributed by atoms with van der Waals surface area (Å²) in [5, 5.41) is 2.80. The van der Waals surface area contributed by atoms with E-state index < -0.39 is 41.0 Å². The van der Waals surface area contributed by atoms with E-state index in [2.05, 4.69) is 55.6 Å². The Labute approximate surface area is 244 Å². The highest BCUT2D eigenvalue weighted by atomic mass is 16.5. The van der Waals surface area contributed by atoms with Crippen LogP contribution in [-0.4, -0.2) is 55.2 Å². The summed E-state index contributed by atoms with van der Waals surface area (Å²) in [6.45, 7) is 10.1. The van der Waals surface area contributed by atoms with Gasteiger partial charge >= 0.3 is 6.09 Å². The molecular formula is C33H45N3O5. The molecular weight excluding hydrogens is 518 g/mol. The Morgan fingerprint density at radius 2 is 1.76 bits per heavy atom. The van der Waals surface area contributed by atoms with Gasteiger partial charge in [0.2, 0.25) is 11.8 Å². The number of rotatable bonds is 2. The minimum Gasteiger partial charge on any atom is -0.449 e. The van der Waals surface area contributed by atoms with Crippen LogP contribution in [0.25, 0.3) is 11.1 Å². The molecule has 0 saturated carbocycles. The first kappa shape index (κ1) is 30.6. The lowest BCUT2D eigenvalue weighted by Gasteiger charge is -2.35. The third-order valence-corrected chi connectivity index (χ3v) is 8.59. The number of hydrogen-bond acceptors (Lipinski definition) is 5. The summed E-state index contributed by atoms with van der Waals surface area (Å²) < 4.78 is 11.7. The largest absolute Gasteiger partial charge is 0.449 e. The van der Waals surface area contributed by atoms with Crippen molar-refractivity contribution in [3.05, 3.63) is 59.7 Å². The van der Waals surface area contributed by atoms with Crippen molar-refractivity contribution in [1.29, 1.82) is 0 Å². The number of nitrogens with two attached hydrogens (primary N) is 1. The Bertz CT molecular complexity index is 1270. The third-order valence-electron chi connectivity index (χ3n) is 8.59. The molecule has 1 fully saturated rings. The van der Waals surface area contributed by atoms with Crippen LogP contribution in [0.3, 0.4) is 0 Å². The zero-order chi connectivity index (χ0) is 30.0. The molecule has 5 rings (SSSR count). The van der Waals surface area contributed by atoms with Crippen LogP contribution >= 0.6 is 0 Å². The molecule has 3 aliphatic rings. The van der Waals surface area contributed by atoms with Gasteiger partial charge in [0.15, 0.2) is 0 Å². The number of aryl methyl sites for hydroxylation is 1. The minimum atomic E-state index is -0.933. The Morgan fingerprint density at radius 3 is 2.39 bits per heavy atom. The number of nitrogens with one attached hydrogen (secondary N) is 1. The van der Waals surface area contributed by atoms with Crippen LogP contribution in [0.15, 0.2) is 48.5 Å². The fourth-order valence-electron chi connectivity index (χ4n) is 6.03. The van der Waals surface area contributed by atoms with Gasteiger partial charge in [0.1, 0.15) is 17.7 Å². The first-order chi connectivity index (χ1) is 19.3. The molecule has 222 valence electrons. The number of amides is 3. The van der Waals surface area contributed by atoms with Gasteiger partial charge in [0.25, 0.3) is 0 Å². The van der Waals surface area contributed by atoms with Gasteiger partial charge in [-0.3, -0.25) is 9.59 Å². The summed E-state index contributed by atoms with van der Waals surface area (Å²) >= 11 is 0. The average molecular weight is 564 g/mol. The molecule has 0 radical (unpaired) electrons. The number of fused-ring (bicyclic) bond motifs is 12. The maximum atomic E-state index is 14.1. The van der Waals surface area contributed by atoms with Gasteiger partial charge < -0.3 is 25.4 Å². The molecule has 8 heteroatoms. The molecule has 3 amide bonds. The quantitative estimate of drug-likeness (QED) is 0.523. The normalized spacial score (nSPS) is 25.7. The summed E-state index contributed by atoms with van der Waals surface area (Å²) in [4.78, 5) is 41.2. The predicted octanol–water partition coefficient (Wildman–Crippen LogP) is 5.18. The predicted molar refractivity (Wildman–Crippen MR) is 159 cm³/mol. The molecule has 3 N–H and O–H groups in total. The monoisotopic (exact) mass is 563 g/mol. The molecule has 0 aliphatic carbocycles. The molecule has 3 aliphatic heterocycles. The second kappa shape index (κ2) is 11.8. The SMILES string of the molecule is CO[C@@]12C[C@@H](C(N)=O)N(C1)C(=O)[C@H](C(C)(C)C)NC(=O)OCC(C)(C)CCCCc1ccccc1-c1ccc2cc1. The molecule has 2 aromatic carbocycles. The maximum Gasteiger partial charge on any atom is 0.407 e. The highest BCUT2D eigenvalue weighted by Gasteiger charge is 2.52. The van der Waals surface area contributed by atoms with E-state index in [0.717, 1.165) is 36.8 Å². The van der Waals surface area contributed by atoms with E-state index in [9.17, 15) is 14.4 Å². The van der Waals surface area contributed by atoms with Crippen molar-refractivity contribution in [3.8, 4) is 11.1 Å². The molecule has 0 spiro atoms. The molecule has 41 heavy (non-hydrogen) atoms. The molecule has 2 aromatic rings. The lowest BCUT2D eigenvalue weighted by atomic mass is 9.85. The Balaban J connectivity index is 1.77. The zero-order valence-corrected chi connectivity index (χ0v) is 25.3. The molecule has 8 nitrogen and oxygen atoms in total. The number of hydrogen-bond donors (Lipinski definition) is 2. The first-order valence-electron chi connectivity index (χ1n) is 14.5. The van der Waals surface area contributed by atoms with E-state index in [-0.39, 0.29) is 25.0 Å². The second-order valence-electron chi connectivity index (χ2n) is 13.4. The van der Waals surface area contributed by atoms with E-state index in [0.29, 0.717) is 0 Å². The number of carbonyl (C=O) groups is 3. The number of alkyl carbamates (subject to hydrolysis) is 1. The topological polar surface area (TPSA) is 111 Å².